The van der Waals surface area contributed by atoms with Gasteiger partial charge in [0.1, 0.15) is 0 Å². The number of amides is 3. The monoisotopic (exact) mass is 309 g/mol. The Morgan fingerprint density at radius 3 is 3.00 bits per heavy atom. The molecule has 0 unspecified atom stereocenters. The molecular weight excluding hydrogens is 286 g/mol. The smallest absolute Gasteiger partial charge is 0.321 e. The van der Waals surface area contributed by atoms with E-state index in [1.165, 1.54) is 10.4 Å². The highest BCUT2D eigenvalue weighted by molar-refractivity contribution is 7.10. The Hall–Kier alpha value is -1.40. The Morgan fingerprint density at radius 1 is 1.52 bits per heavy atom. The van der Waals surface area contributed by atoms with E-state index in [1.54, 1.807) is 11.3 Å². The normalized spacial score (nSPS) is 19.7. The number of rotatable bonds is 4. The van der Waals surface area contributed by atoms with Crippen LogP contribution in [0.1, 0.15) is 43.7 Å². The molecule has 0 aromatic carbocycles. The first-order valence-corrected chi connectivity index (χ1v) is 8.29. The van der Waals surface area contributed by atoms with E-state index in [-0.39, 0.29) is 24.5 Å². The van der Waals surface area contributed by atoms with Gasteiger partial charge in [0, 0.05) is 23.5 Å². The van der Waals surface area contributed by atoms with Gasteiger partial charge in [0.15, 0.2) is 0 Å². The van der Waals surface area contributed by atoms with Crippen LogP contribution in [0, 0.1) is 0 Å². The molecule has 0 radical (unpaired) electrons. The predicted molar refractivity (Wildman–Crippen MR) is 84.4 cm³/mol. The number of carbonyl (C=O) groups is 2. The Balaban J connectivity index is 1.85. The summed E-state index contributed by atoms with van der Waals surface area (Å²) in [5.74, 6) is -0.249. The first-order valence-electron chi connectivity index (χ1n) is 7.42. The van der Waals surface area contributed by atoms with Gasteiger partial charge >= 0.3 is 6.03 Å². The summed E-state index contributed by atoms with van der Waals surface area (Å²) in [6.07, 6.45) is 1.81. The fourth-order valence-corrected chi connectivity index (χ4v) is 3.45. The number of imide groups is 1. The van der Waals surface area contributed by atoms with Gasteiger partial charge in [0.05, 0.1) is 6.54 Å². The molecule has 116 valence electrons. The van der Waals surface area contributed by atoms with Gasteiger partial charge in [-0.2, -0.15) is 0 Å². The van der Waals surface area contributed by atoms with Crippen LogP contribution in [0.2, 0.25) is 0 Å². The molecule has 2 atom stereocenters. The van der Waals surface area contributed by atoms with Gasteiger partial charge in [0.2, 0.25) is 5.91 Å². The molecule has 1 aromatic rings. The summed E-state index contributed by atoms with van der Waals surface area (Å²) in [6, 6.07) is 2.02. The SMILES string of the molecule is CC[C@H](C)NC(=O)NC(=O)CN1CCc2sccc2[C@@H]1C. The van der Waals surface area contributed by atoms with Crippen molar-refractivity contribution in [2.45, 2.75) is 45.7 Å². The Bertz CT molecular complexity index is 515. The highest BCUT2D eigenvalue weighted by atomic mass is 32.1. The Kier molecular flexibility index (Phi) is 5.36. The van der Waals surface area contributed by atoms with E-state index < -0.39 is 6.03 Å². The van der Waals surface area contributed by atoms with Gasteiger partial charge in [-0.3, -0.25) is 15.0 Å². The van der Waals surface area contributed by atoms with Crippen molar-refractivity contribution in [3.05, 3.63) is 21.9 Å². The zero-order valence-corrected chi connectivity index (χ0v) is 13.6. The fourth-order valence-electron chi connectivity index (χ4n) is 2.49. The topological polar surface area (TPSA) is 61.4 Å². The number of hydrogen-bond acceptors (Lipinski definition) is 4. The molecule has 2 heterocycles. The van der Waals surface area contributed by atoms with Crippen molar-refractivity contribution < 1.29 is 9.59 Å². The third-order valence-electron chi connectivity index (χ3n) is 3.99. The maximum atomic E-state index is 12.0. The van der Waals surface area contributed by atoms with Gasteiger partial charge < -0.3 is 5.32 Å². The van der Waals surface area contributed by atoms with Crippen LogP contribution in [-0.2, 0) is 11.2 Å². The van der Waals surface area contributed by atoms with Gasteiger partial charge in [-0.05, 0) is 43.7 Å². The van der Waals surface area contributed by atoms with Crippen LogP contribution in [-0.4, -0.2) is 36.0 Å². The molecular formula is C15H23N3O2S. The predicted octanol–water partition coefficient (Wildman–Crippen LogP) is 2.29. The van der Waals surface area contributed by atoms with E-state index in [9.17, 15) is 9.59 Å². The molecule has 21 heavy (non-hydrogen) atoms. The van der Waals surface area contributed by atoms with Crippen LogP contribution in [0.4, 0.5) is 4.79 Å². The molecule has 0 spiro atoms. The molecule has 5 nitrogen and oxygen atoms in total. The van der Waals surface area contributed by atoms with Crippen molar-refractivity contribution in [1.82, 2.24) is 15.5 Å². The summed E-state index contributed by atoms with van der Waals surface area (Å²) in [5.41, 5.74) is 1.31. The molecule has 1 aliphatic heterocycles. The first kappa shape index (κ1) is 16.0. The standard InChI is InChI=1S/C15H23N3O2S/c1-4-10(2)16-15(20)17-14(19)9-18-7-5-13-12(11(18)3)6-8-21-13/h6,8,10-11H,4-5,7,9H2,1-3H3,(H2,16,17,19,20)/t10-,11-/m0/s1. The molecule has 1 aliphatic rings. The minimum absolute atomic E-state index is 0.0695. The number of nitrogens with zero attached hydrogens (tertiary/aromatic N) is 1. The second-order valence-electron chi connectivity index (χ2n) is 5.53. The minimum atomic E-state index is -0.407. The lowest BCUT2D eigenvalue weighted by Crippen LogP contribution is -2.48. The highest BCUT2D eigenvalue weighted by Gasteiger charge is 2.26. The van der Waals surface area contributed by atoms with Crippen LogP contribution in [0.25, 0.3) is 0 Å². The number of carbonyl (C=O) groups excluding carboxylic acids is 2. The van der Waals surface area contributed by atoms with Gasteiger partial charge in [-0.15, -0.1) is 11.3 Å². The minimum Gasteiger partial charge on any atom is -0.335 e. The third-order valence-corrected chi connectivity index (χ3v) is 4.99. The lowest BCUT2D eigenvalue weighted by Gasteiger charge is -2.32. The summed E-state index contributed by atoms with van der Waals surface area (Å²) in [7, 11) is 0. The molecule has 0 fully saturated rings. The molecule has 1 aromatic heterocycles. The van der Waals surface area contributed by atoms with E-state index in [0.717, 1.165) is 19.4 Å². The highest BCUT2D eigenvalue weighted by Crippen LogP contribution is 2.32. The molecule has 6 heteroatoms. The maximum absolute atomic E-state index is 12.0. The van der Waals surface area contributed by atoms with Crippen LogP contribution in [0.3, 0.4) is 0 Å². The fraction of sp³-hybridized carbons (Fsp3) is 0.600. The zero-order valence-electron chi connectivity index (χ0n) is 12.8. The number of thiophene rings is 1. The average molecular weight is 309 g/mol. The van der Waals surface area contributed by atoms with Crippen molar-refractivity contribution in [1.29, 1.82) is 0 Å². The maximum Gasteiger partial charge on any atom is 0.321 e. The number of hydrogen-bond donors (Lipinski definition) is 2. The quantitative estimate of drug-likeness (QED) is 0.897. The van der Waals surface area contributed by atoms with Gasteiger partial charge in [0.25, 0.3) is 0 Å². The van der Waals surface area contributed by atoms with Crippen molar-refractivity contribution in [2.75, 3.05) is 13.1 Å². The number of fused-ring (bicyclic) bond motifs is 1. The van der Waals surface area contributed by atoms with Crippen molar-refractivity contribution >= 4 is 23.3 Å². The van der Waals surface area contributed by atoms with Crippen molar-refractivity contribution in [3.8, 4) is 0 Å². The van der Waals surface area contributed by atoms with Crippen molar-refractivity contribution in [3.63, 3.8) is 0 Å². The number of urea groups is 1. The average Bonchev–Trinajstić information content (AvgIpc) is 2.90. The van der Waals surface area contributed by atoms with Crippen LogP contribution < -0.4 is 10.6 Å². The second-order valence-corrected chi connectivity index (χ2v) is 6.53. The molecule has 3 amide bonds. The van der Waals surface area contributed by atoms with Crippen LogP contribution in [0.15, 0.2) is 11.4 Å². The Labute approximate surface area is 129 Å². The molecule has 0 saturated carbocycles. The third kappa shape index (κ3) is 4.04. The van der Waals surface area contributed by atoms with Gasteiger partial charge in [-0.1, -0.05) is 6.92 Å². The molecule has 2 rings (SSSR count). The van der Waals surface area contributed by atoms with E-state index in [0.29, 0.717) is 0 Å². The van der Waals surface area contributed by atoms with Crippen LogP contribution in [0.5, 0.6) is 0 Å². The van der Waals surface area contributed by atoms with E-state index in [1.807, 2.05) is 13.8 Å². The lowest BCUT2D eigenvalue weighted by atomic mass is 10.0. The molecule has 0 aliphatic carbocycles. The second kappa shape index (κ2) is 7.04. The summed E-state index contributed by atoms with van der Waals surface area (Å²) in [5, 5.41) is 7.24. The largest absolute Gasteiger partial charge is 0.335 e. The molecule has 0 bridgehead atoms. The van der Waals surface area contributed by atoms with Crippen LogP contribution >= 0.6 is 11.3 Å². The van der Waals surface area contributed by atoms with E-state index in [4.69, 9.17) is 0 Å². The Morgan fingerprint density at radius 2 is 2.29 bits per heavy atom. The summed E-state index contributed by atoms with van der Waals surface area (Å²) in [4.78, 5) is 27.1. The molecule has 2 N–H and O–H groups in total. The lowest BCUT2D eigenvalue weighted by molar-refractivity contribution is -0.121. The van der Waals surface area contributed by atoms with Gasteiger partial charge in [-0.25, -0.2) is 4.79 Å². The summed E-state index contributed by atoms with van der Waals surface area (Å²) in [6.45, 7) is 7.12. The summed E-state index contributed by atoms with van der Waals surface area (Å²) < 4.78 is 0. The number of nitrogens with one attached hydrogen (secondary N) is 2. The summed E-state index contributed by atoms with van der Waals surface area (Å²) >= 11 is 1.78. The van der Waals surface area contributed by atoms with Crippen molar-refractivity contribution in [2.24, 2.45) is 0 Å². The first-order chi connectivity index (χ1) is 10.0. The van der Waals surface area contributed by atoms with E-state index >= 15 is 0 Å². The van der Waals surface area contributed by atoms with E-state index in [2.05, 4.69) is 33.9 Å². The molecule has 0 saturated heterocycles. The zero-order chi connectivity index (χ0) is 15.4.